The van der Waals surface area contributed by atoms with E-state index in [0.717, 1.165) is 29.9 Å². The first-order valence-electron chi connectivity index (χ1n) is 7.76. The van der Waals surface area contributed by atoms with E-state index in [1.54, 1.807) is 6.08 Å². The number of benzene rings is 1. The van der Waals surface area contributed by atoms with Crippen LogP contribution in [-0.2, 0) is 4.79 Å². The molecule has 1 heterocycles. The second-order valence-corrected chi connectivity index (χ2v) is 6.11. The minimum absolute atomic E-state index is 0.415. The molecule has 0 atom stereocenters. The van der Waals surface area contributed by atoms with Gasteiger partial charge in [-0.15, -0.1) is 0 Å². The zero-order chi connectivity index (χ0) is 15.5. The Morgan fingerprint density at radius 2 is 2.10 bits per heavy atom. The van der Waals surface area contributed by atoms with Crippen LogP contribution in [0.3, 0.4) is 0 Å². The van der Waals surface area contributed by atoms with Crippen molar-refractivity contribution >= 4 is 17.7 Å². The predicted molar refractivity (Wildman–Crippen MR) is 87.7 cm³/mol. The molecule has 0 aliphatic carbocycles. The van der Waals surface area contributed by atoms with E-state index in [9.17, 15) is 4.79 Å². The Hall–Kier alpha value is -1.77. The Kier molecular flexibility index (Phi) is 4.71. The molecule has 0 saturated carbocycles. The average molecular weight is 287 g/mol. The molecule has 0 spiro atoms. The van der Waals surface area contributed by atoms with E-state index in [-0.39, 0.29) is 0 Å². The SMILES string of the molecule is CCC1(CC)CCN(c2ccc(C)cc2/C=C/C(=O)O)C1. The molecule has 1 aromatic rings. The number of rotatable bonds is 5. The van der Waals surface area contributed by atoms with Gasteiger partial charge in [0.05, 0.1) is 0 Å². The molecule has 1 fully saturated rings. The maximum absolute atomic E-state index is 10.8. The first-order chi connectivity index (χ1) is 9.99. The largest absolute Gasteiger partial charge is 0.478 e. The normalized spacial score (nSPS) is 17.6. The Morgan fingerprint density at radius 3 is 2.67 bits per heavy atom. The first kappa shape index (κ1) is 15.6. The van der Waals surface area contributed by atoms with Crippen molar-refractivity contribution in [2.75, 3.05) is 18.0 Å². The Labute approximate surface area is 127 Å². The number of nitrogens with zero attached hydrogens (tertiary/aromatic N) is 1. The second kappa shape index (κ2) is 6.33. The molecule has 21 heavy (non-hydrogen) atoms. The zero-order valence-corrected chi connectivity index (χ0v) is 13.2. The number of aryl methyl sites for hydroxylation is 1. The molecule has 114 valence electrons. The highest BCUT2D eigenvalue weighted by Gasteiger charge is 2.35. The molecule has 1 N–H and O–H groups in total. The fourth-order valence-corrected chi connectivity index (χ4v) is 3.22. The molecule has 1 aromatic carbocycles. The minimum Gasteiger partial charge on any atom is -0.478 e. The summed E-state index contributed by atoms with van der Waals surface area (Å²) < 4.78 is 0. The highest BCUT2D eigenvalue weighted by atomic mass is 16.4. The van der Waals surface area contributed by atoms with Crippen LogP contribution in [-0.4, -0.2) is 24.2 Å². The summed E-state index contributed by atoms with van der Waals surface area (Å²) in [6.45, 7) is 8.70. The molecular weight excluding hydrogens is 262 g/mol. The van der Waals surface area contributed by atoms with Crippen molar-refractivity contribution in [1.29, 1.82) is 0 Å². The van der Waals surface area contributed by atoms with Crippen molar-refractivity contribution in [1.82, 2.24) is 0 Å². The average Bonchev–Trinajstić information content (AvgIpc) is 2.90. The number of carboxylic acid groups (broad SMARTS) is 1. The van der Waals surface area contributed by atoms with Crippen molar-refractivity contribution in [3.63, 3.8) is 0 Å². The molecule has 3 heteroatoms. The van der Waals surface area contributed by atoms with E-state index >= 15 is 0 Å². The molecule has 0 amide bonds. The summed E-state index contributed by atoms with van der Waals surface area (Å²) in [7, 11) is 0. The smallest absolute Gasteiger partial charge is 0.328 e. The summed E-state index contributed by atoms with van der Waals surface area (Å²) in [5, 5.41) is 8.86. The zero-order valence-electron chi connectivity index (χ0n) is 13.2. The van der Waals surface area contributed by atoms with Crippen LogP contribution in [0, 0.1) is 12.3 Å². The van der Waals surface area contributed by atoms with Gasteiger partial charge >= 0.3 is 5.97 Å². The van der Waals surface area contributed by atoms with Crippen LogP contribution in [0.2, 0.25) is 0 Å². The van der Waals surface area contributed by atoms with Crippen LogP contribution in [0.5, 0.6) is 0 Å². The summed E-state index contributed by atoms with van der Waals surface area (Å²) in [5.41, 5.74) is 3.72. The predicted octanol–water partition coefficient (Wildman–Crippen LogP) is 4.11. The van der Waals surface area contributed by atoms with Gasteiger partial charge in [-0.3, -0.25) is 0 Å². The lowest BCUT2D eigenvalue weighted by Crippen LogP contribution is -2.26. The van der Waals surface area contributed by atoms with Gasteiger partial charge < -0.3 is 10.0 Å². The molecule has 1 saturated heterocycles. The molecule has 2 rings (SSSR count). The highest BCUT2D eigenvalue weighted by molar-refractivity contribution is 5.87. The lowest BCUT2D eigenvalue weighted by molar-refractivity contribution is -0.131. The second-order valence-electron chi connectivity index (χ2n) is 6.11. The van der Waals surface area contributed by atoms with Crippen molar-refractivity contribution in [3.8, 4) is 0 Å². The minimum atomic E-state index is -0.902. The fraction of sp³-hybridized carbons (Fsp3) is 0.500. The highest BCUT2D eigenvalue weighted by Crippen LogP contribution is 2.40. The number of anilines is 1. The van der Waals surface area contributed by atoms with Gasteiger partial charge in [-0.2, -0.15) is 0 Å². The summed E-state index contributed by atoms with van der Waals surface area (Å²) in [4.78, 5) is 13.2. The molecule has 0 unspecified atom stereocenters. The monoisotopic (exact) mass is 287 g/mol. The van der Waals surface area contributed by atoms with Gasteiger partial charge in [0.25, 0.3) is 0 Å². The summed E-state index contributed by atoms with van der Waals surface area (Å²) in [5.74, 6) is -0.902. The molecule has 0 aromatic heterocycles. The summed E-state index contributed by atoms with van der Waals surface area (Å²) >= 11 is 0. The van der Waals surface area contributed by atoms with E-state index in [0.29, 0.717) is 5.41 Å². The number of aliphatic carboxylic acids is 1. The molecule has 1 aliphatic rings. The van der Waals surface area contributed by atoms with Crippen molar-refractivity contribution in [2.24, 2.45) is 5.41 Å². The number of carboxylic acids is 1. The van der Waals surface area contributed by atoms with Crippen LogP contribution in [0.25, 0.3) is 6.08 Å². The summed E-state index contributed by atoms with van der Waals surface area (Å²) in [6.07, 6.45) is 6.55. The van der Waals surface area contributed by atoms with Crippen molar-refractivity contribution in [2.45, 2.75) is 40.0 Å². The van der Waals surface area contributed by atoms with Crippen molar-refractivity contribution < 1.29 is 9.90 Å². The van der Waals surface area contributed by atoms with E-state index < -0.39 is 5.97 Å². The van der Waals surface area contributed by atoms with Crippen LogP contribution in [0.15, 0.2) is 24.3 Å². The maximum atomic E-state index is 10.8. The maximum Gasteiger partial charge on any atom is 0.328 e. The van der Waals surface area contributed by atoms with Gasteiger partial charge in [0, 0.05) is 24.9 Å². The first-order valence-corrected chi connectivity index (χ1v) is 7.76. The van der Waals surface area contributed by atoms with Crippen LogP contribution >= 0.6 is 0 Å². The van der Waals surface area contributed by atoms with E-state index in [1.165, 1.54) is 25.3 Å². The van der Waals surface area contributed by atoms with E-state index in [4.69, 9.17) is 5.11 Å². The van der Waals surface area contributed by atoms with E-state index in [2.05, 4.69) is 36.9 Å². The van der Waals surface area contributed by atoms with Gasteiger partial charge in [0.15, 0.2) is 0 Å². The molecule has 1 aliphatic heterocycles. The topological polar surface area (TPSA) is 40.5 Å². The van der Waals surface area contributed by atoms with Crippen LogP contribution < -0.4 is 4.90 Å². The Balaban J connectivity index is 2.30. The Bertz CT molecular complexity index is 544. The Morgan fingerprint density at radius 1 is 1.38 bits per heavy atom. The van der Waals surface area contributed by atoms with Gasteiger partial charge in [0.1, 0.15) is 0 Å². The third-order valence-electron chi connectivity index (χ3n) is 4.87. The van der Waals surface area contributed by atoms with Gasteiger partial charge in [0.2, 0.25) is 0 Å². The number of hydrogen-bond donors (Lipinski definition) is 1. The third-order valence-corrected chi connectivity index (χ3v) is 4.87. The molecule has 0 bridgehead atoms. The number of carbonyl (C=O) groups is 1. The van der Waals surface area contributed by atoms with Gasteiger partial charge in [-0.05, 0) is 55.4 Å². The van der Waals surface area contributed by atoms with Gasteiger partial charge in [-0.25, -0.2) is 4.79 Å². The lowest BCUT2D eigenvalue weighted by Gasteiger charge is -2.28. The molecular formula is C18H25NO2. The van der Waals surface area contributed by atoms with Crippen molar-refractivity contribution in [3.05, 3.63) is 35.4 Å². The number of hydrogen-bond acceptors (Lipinski definition) is 2. The standard InChI is InChI=1S/C18H25NO2/c1-4-18(5-2)10-11-19(13-18)16-8-6-14(3)12-15(16)7-9-17(20)21/h6-9,12H,4-5,10-11,13H2,1-3H3,(H,20,21)/b9-7+. The summed E-state index contributed by atoms with van der Waals surface area (Å²) in [6, 6.07) is 6.29. The molecule has 0 radical (unpaired) electrons. The molecule has 3 nitrogen and oxygen atoms in total. The van der Waals surface area contributed by atoms with Crippen LogP contribution in [0.4, 0.5) is 5.69 Å². The lowest BCUT2D eigenvalue weighted by atomic mass is 9.82. The van der Waals surface area contributed by atoms with E-state index in [1.807, 2.05) is 6.92 Å². The quantitative estimate of drug-likeness (QED) is 0.829. The van der Waals surface area contributed by atoms with Gasteiger partial charge in [-0.1, -0.05) is 25.5 Å². The fourth-order valence-electron chi connectivity index (χ4n) is 3.22. The van der Waals surface area contributed by atoms with Crippen LogP contribution in [0.1, 0.15) is 44.2 Å². The third kappa shape index (κ3) is 3.46.